The number of nitrogens with one attached hydrogen (secondary N) is 1. The molecule has 1 N–H and O–H groups in total. The van der Waals surface area contributed by atoms with Crippen LogP contribution in [0, 0.1) is 5.92 Å². The molecule has 0 amide bonds. The van der Waals surface area contributed by atoms with Crippen LogP contribution >= 0.6 is 11.3 Å². The van der Waals surface area contributed by atoms with E-state index in [1.54, 1.807) is 0 Å². The molecule has 1 aromatic rings. The quantitative estimate of drug-likeness (QED) is 0.846. The first-order valence-corrected chi connectivity index (χ1v) is 8.54. The highest BCUT2D eigenvalue weighted by Crippen LogP contribution is 2.27. The van der Waals surface area contributed by atoms with Gasteiger partial charge in [-0.05, 0) is 56.6 Å². The molecule has 0 atom stereocenters. The Morgan fingerprint density at radius 3 is 2.58 bits per heavy atom. The summed E-state index contributed by atoms with van der Waals surface area (Å²) >= 11 is 1.90. The predicted octanol–water partition coefficient (Wildman–Crippen LogP) is 4.10. The molecule has 3 rings (SSSR count). The molecule has 106 valence electrons. The summed E-state index contributed by atoms with van der Waals surface area (Å²) in [4.78, 5) is 2.83. The number of ether oxygens (including phenoxy) is 1. The van der Waals surface area contributed by atoms with Gasteiger partial charge in [-0.25, -0.2) is 0 Å². The average Bonchev–Trinajstić information content (AvgIpc) is 3.15. The minimum Gasteiger partial charge on any atom is -0.373 e. The van der Waals surface area contributed by atoms with E-state index in [4.69, 9.17) is 4.74 Å². The van der Waals surface area contributed by atoms with E-state index in [-0.39, 0.29) is 0 Å². The Kier molecular flexibility index (Phi) is 4.57. The molecule has 2 aliphatic carbocycles. The van der Waals surface area contributed by atoms with E-state index in [2.05, 4.69) is 24.4 Å². The van der Waals surface area contributed by atoms with Crippen molar-refractivity contribution in [1.82, 2.24) is 5.32 Å². The van der Waals surface area contributed by atoms with Crippen molar-refractivity contribution in [3.63, 3.8) is 0 Å². The summed E-state index contributed by atoms with van der Waals surface area (Å²) < 4.78 is 6.06. The first-order valence-electron chi connectivity index (χ1n) is 7.72. The lowest BCUT2D eigenvalue weighted by Gasteiger charge is -2.26. The molecule has 0 aromatic carbocycles. The number of rotatable bonds is 6. The lowest BCUT2D eigenvalue weighted by molar-refractivity contribution is 0.0100. The summed E-state index contributed by atoms with van der Waals surface area (Å²) in [7, 11) is 0. The van der Waals surface area contributed by atoms with Gasteiger partial charge in [-0.3, -0.25) is 0 Å². The van der Waals surface area contributed by atoms with Gasteiger partial charge < -0.3 is 10.1 Å². The molecule has 3 heteroatoms. The standard InChI is InChI=1S/C16H25NOS/c1-12-2-6-14(7-3-12)18-11-16-9-8-15(19-16)10-17-13-4-5-13/h8-9,12-14,17H,2-7,10-11H2,1H3. The third-order valence-electron chi connectivity index (χ3n) is 4.28. The van der Waals surface area contributed by atoms with Gasteiger partial charge in [0.15, 0.2) is 0 Å². The SMILES string of the molecule is CC1CCC(OCc2ccc(CNC3CC3)s2)CC1. The molecule has 0 bridgehead atoms. The van der Waals surface area contributed by atoms with Crippen LogP contribution in [0.2, 0.25) is 0 Å². The second kappa shape index (κ2) is 6.38. The molecule has 0 spiro atoms. The van der Waals surface area contributed by atoms with Crippen molar-refractivity contribution in [2.45, 2.75) is 70.7 Å². The monoisotopic (exact) mass is 279 g/mol. The minimum atomic E-state index is 0.506. The highest BCUT2D eigenvalue weighted by atomic mass is 32.1. The van der Waals surface area contributed by atoms with Crippen LogP contribution < -0.4 is 5.32 Å². The van der Waals surface area contributed by atoms with Gasteiger partial charge in [-0.15, -0.1) is 11.3 Å². The maximum atomic E-state index is 6.06. The molecule has 0 unspecified atom stereocenters. The first kappa shape index (κ1) is 13.6. The van der Waals surface area contributed by atoms with E-state index in [0.717, 1.165) is 25.1 Å². The summed E-state index contributed by atoms with van der Waals surface area (Å²) in [6, 6.07) is 5.29. The molecular formula is C16H25NOS. The molecule has 2 nitrogen and oxygen atoms in total. The van der Waals surface area contributed by atoms with Gasteiger partial charge in [0.1, 0.15) is 0 Å². The largest absolute Gasteiger partial charge is 0.373 e. The normalized spacial score (nSPS) is 27.6. The fourth-order valence-corrected chi connectivity index (χ4v) is 3.61. The molecule has 19 heavy (non-hydrogen) atoms. The lowest BCUT2D eigenvalue weighted by atomic mass is 9.89. The topological polar surface area (TPSA) is 21.3 Å². The van der Waals surface area contributed by atoms with Gasteiger partial charge in [0.05, 0.1) is 12.7 Å². The van der Waals surface area contributed by atoms with Crippen LogP contribution in [0.5, 0.6) is 0 Å². The first-order chi connectivity index (χ1) is 9.29. The van der Waals surface area contributed by atoms with Crippen LogP contribution in [-0.2, 0) is 17.9 Å². The van der Waals surface area contributed by atoms with Crippen molar-refractivity contribution in [2.24, 2.45) is 5.92 Å². The van der Waals surface area contributed by atoms with Gasteiger partial charge in [-0.1, -0.05) is 6.92 Å². The predicted molar refractivity (Wildman–Crippen MR) is 80.4 cm³/mol. The lowest BCUT2D eigenvalue weighted by Crippen LogP contribution is -2.20. The van der Waals surface area contributed by atoms with Crippen molar-refractivity contribution in [2.75, 3.05) is 0 Å². The molecule has 1 heterocycles. The van der Waals surface area contributed by atoms with E-state index in [1.165, 1.54) is 48.3 Å². The van der Waals surface area contributed by atoms with Crippen molar-refractivity contribution >= 4 is 11.3 Å². The third kappa shape index (κ3) is 4.30. The summed E-state index contributed by atoms with van der Waals surface area (Å²) in [6.45, 7) is 4.21. The van der Waals surface area contributed by atoms with Gasteiger partial charge >= 0.3 is 0 Å². The van der Waals surface area contributed by atoms with Gasteiger partial charge in [0.25, 0.3) is 0 Å². The number of thiophene rings is 1. The van der Waals surface area contributed by atoms with Crippen LogP contribution in [-0.4, -0.2) is 12.1 Å². The Bertz CT molecular complexity index is 391. The highest BCUT2D eigenvalue weighted by molar-refractivity contribution is 7.11. The zero-order chi connectivity index (χ0) is 13.1. The van der Waals surface area contributed by atoms with Crippen molar-refractivity contribution < 1.29 is 4.74 Å². The van der Waals surface area contributed by atoms with Crippen LogP contribution in [0.3, 0.4) is 0 Å². The smallest absolute Gasteiger partial charge is 0.0813 e. The Morgan fingerprint density at radius 2 is 1.84 bits per heavy atom. The summed E-state index contributed by atoms with van der Waals surface area (Å²) in [5.41, 5.74) is 0. The Balaban J connectivity index is 1.39. The number of hydrogen-bond donors (Lipinski definition) is 1. The molecule has 2 fully saturated rings. The summed E-state index contributed by atoms with van der Waals surface area (Å²) in [5, 5.41) is 3.57. The van der Waals surface area contributed by atoms with E-state index >= 15 is 0 Å². The van der Waals surface area contributed by atoms with Crippen LogP contribution in [0.1, 0.15) is 55.2 Å². The zero-order valence-electron chi connectivity index (χ0n) is 11.9. The maximum absolute atomic E-state index is 6.06. The highest BCUT2D eigenvalue weighted by Gasteiger charge is 2.20. The van der Waals surface area contributed by atoms with E-state index in [1.807, 2.05) is 11.3 Å². The van der Waals surface area contributed by atoms with Crippen molar-refractivity contribution in [3.8, 4) is 0 Å². The fraction of sp³-hybridized carbons (Fsp3) is 0.750. The van der Waals surface area contributed by atoms with Crippen molar-refractivity contribution in [1.29, 1.82) is 0 Å². The fourth-order valence-electron chi connectivity index (χ4n) is 2.72. The molecule has 1 aromatic heterocycles. The van der Waals surface area contributed by atoms with Crippen LogP contribution in [0.25, 0.3) is 0 Å². The molecule has 2 aliphatic rings. The van der Waals surface area contributed by atoms with Gasteiger partial charge in [0.2, 0.25) is 0 Å². The molecule has 0 radical (unpaired) electrons. The van der Waals surface area contributed by atoms with E-state index in [0.29, 0.717) is 6.10 Å². The second-order valence-electron chi connectivity index (χ2n) is 6.22. The Morgan fingerprint density at radius 1 is 1.11 bits per heavy atom. The summed E-state index contributed by atoms with van der Waals surface area (Å²) in [5.74, 6) is 0.904. The Hall–Kier alpha value is -0.380. The molecule has 2 saturated carbocycles. The van der Waals surface area contributed by atoms with Crippen LogP contribution in [0.4, 0.5) is 0 Å². The molecular weight excluding hydrogens is 254 g/mol. The number of hydrogen-bond acceptors (Lipinski definition) is 3. The van der Waals surface area contributed by atoms with Crippen LogP contribution in [0.15, 0.2) is 12.1 Å². The molecule has 0 aliphatic heterocycles. The van der Waals surface area contributed by atoms with E-state index < -0.39 is 0 Å². The average molecular weight is 279 g/mol. The van der Waals surface area contributed by atoms with Gasteiger partial charge in [-0.2, -0.15) is 0 Å². The summed E-state index contributed by atoms with van der Waals surface area (Å²) in [6.07, 6.45) is 8.41. The molecule has 0 saturated heterocycles. The maximum Gasteiger partial charge on any atom is 0.0813 e. The van der Waals surface area contributed by atoms with Gasteiger partial charge in [0, 0.05) is 22.3 Å². The third-order valence-corrected chi connectivity index (χ3v) is 5.34. The van der Waals surface area contributed by atoms with E-state index in [9.17, 15) is 0 Å². The minimum absolute atomic E-state index is 0.506. The second-order valence-corrected chi connectivity index (χ2v) is 7.47. The Labute approximate surface area is 120 Å². The zero-order valence-corrected chi connectivity index (χ0v) is 12.7. The van der Waals surface area contributed by atoms with Crippen molar-refractivity contribution in [3.05, 3.63) is 21.9 Å².